The van der Waals surface area contributed by atoms with E-state index >= 15 is 0 Å². The Kier molecular flexibility index (Phi) is 5.58. The molecule has 1 aliphatic rings. The molecule has 5 heteroatoms. The number of Topliss-reactive ketones (excluding diaryl/α,β-unsaturated/α-hetero) is 1. The van der Waals surface area contributed by atoms with Crippen molar-refractivity contribution in [2.45, 2.75) is 31.8 Å². The summed E-state index contributed by atoms with van der Waals surface area (Å²) < 4.78 is 0. The summed E-state index contributed by atoms with van der Waals surface area (Å²) in [4.78, 5) is 39.4. The predicted octanol–water partition coefficient (Wildman–Crippen LogP) is 2.68. The molecule has 1 N–H and O–H groups in total. The Morgan fingerprint density at radius 2 is 1.54 bits per heavy atom. The highest BCUT2D eigenvalue weighted by Gasteiger charge is 2.37. The van der Waals surface area contributed by atoms with Crippen LogP contribution in [0.5, 0.6) is 0 Å². The lowest BCUT2D eigenvalue weighted by Gasteiger charge is -2.28. The number of hydrogen-bond donors (Lipinski definition) is 1. The summed E-state index contributed by atoms with van der Waals surface area (Å²) in [5.41, 5.74) is 1.07. The fourth-order valence-corrected chi connectivity index (χ4v) is 3.39. The highest BCUT2D eigenvalue weighted by Crippen LogP contribution is 2.22. The lowest BCUT2D eigenvalue weighted by atomic mass is 10.0. The van der Waals surface area contributed by atoms with Gasteiger partial charge < -0.3 is 0 Å². The zero-order chi connectivity index (χ0) is 18.5. The minimum Gasteiger partial charge on any atom is -0.292 e. The SMILES string of the molecule is CC(C(=O)c1ccccc1)N1CCC[C@H]1C(=O)NC(=O)c1ccccc1. The first-order valence-corrected chi connectivity index (χ1v) is 8.83. The van der Waals surface area contributed by atoms with Gasteiger partial charge in [0.1, 0.15) is 0 Å². The number of ketones is 1. The molecule has 2 amide bonds. The zero-order valence-electron chi connectivity index (χ0n) is 14.7. The van der Waals surface area contributed by atoms with Crippen LogP contribution in [0.4, 0.5) is 0 Å². The van der Waals surface area contributed by atoms with Crippen LogP contribution in [0.2, 0.25) is 0 Å². The largest absolute Gasteiger partial charge is 0.292 e. The number of amides is 2. The van der Waals surface area contributed by atoms with Gasteiger partial charge in [0, 0.05) is 11.1 Å². The van der Waals surface area contributed by atoms with E-state index in [1.165, 1.54) is 0 Å². The van der Waals surface area contributed by atoms with E-state index < -0.39 is 18.0 Å². The molecule has 1 aliphatic heterocycles. The van der Waals surface area contributed by atoms with Gasteiger partial charge >= 0.3 is 0 Å². The van der Waals surface area contributed by atoms with Gasteiger partial charge in [-0.05, 0) is 38.4 Å². The number of hydrogen-bond acceptors (Lipinski definition) is 4. The van der Waals surface area contributed by atoms with E-state index in [-0.39, 0.29) is 11.7 Å². The van der Waals surface area contributed by atoms with Gasteiger partial charge in [-0.25, -0.2) is 0 Å². The molecule has 0 aromatic heterocycles. The van der Waals surface area contributed by atoms with Gasteiger partial charge in [0.25, 0.3) is 5.91 Å². The lowest BCUT2D eigenvalue weighted by Crippen LogP contribution is -2.50. The summed E-state index contributed by atoms with van der Waals surface area (Å²) in [6, 6.07) is 16.8. The lowest BCUT2D eigenvalue weighted by molar-refractivity contribution is -0.124. The van der Waals surface area contributed by atoms with Crippen LogP contribution in [-0.2, 0) is 4.79 Å². The molecular weight excluding hydrogens is 328 g/mol. The second kappa shape index (κ2) is 8.06. The number of imide groups is 1. The molecule has 1 unspecified atom stereocenters. The third kappa shape index (κ3) is 3.89. The van der Waals surface area contributed by atoms with Crippen molar-refractivity contribution in [2.75, 3.05) is 6.54 Å². The monoisotopic (exact) mass is 350 g/mol. The third-order valence-electron chi connectivity index (χ3n) is 4.80. The van der Waals surface area contributed by atoms with E-state index in [0.717, 1.165) is 6.42 Å². The fourth-order valence-electron chi connectivity index (χ4n) is 3.39. The van der Waals surface area contributed by atoms with E-state index in [1.807, 2.05) is 36.1 Å². The molecule has 3 rings (SSSR count). The number of benzene rings is 2. The Labute approximate surface area is 153 Å². The smallest absolute Gasteiger partial charge is 0.257 e. The van der Waals surface area contributed by atoms with Crippen molar-refractivity contribution < 1.29 is 14.4 Å². The van der Waals surface area contributed by atoms with Crippen LogP contribution in [0.3, 0.4) is 0 Å². The van der Waals surface area contributed by atoms with Crippen LogP contribution in [0, 0.1) is 0 Å². The molecule has 1 fully saturated rings. The maximum atomic E-state index is 12.7. The van der Waals surface area contributed by atoms with Crippen LogP contribution in [0.1, 0.15) is 40.5 Å². The summed E-state index contributed by atoms with van der Waals surface area (Å²) in [6.07, 6.45) is 1.46. The second-order valence-electron chi connectivity index (χ2n) is 6.49. The van der Waals surface area contributed by atoms with Gasteiger partial charge in [-0.15, -0.1) is 0 Å². The van der Waals surface area contributed by atoms with Crippen LogP contribution < -0.4 is 5.32 Å². The number of carbonyl (C=O) groups excluding carboxylic acids is 3. The topological polar surface area (TPSA) is 66.5 Å². The average Bonchev–Trinajstić information content (AvgIpc) is 3.18. The molecule has 1 heterocycles. The molecule has 2 aromatic carbocycles. The van der Waals surface area contributed by atoms with Gasteiger partial charge in [0.2, 0.25) is 5.91 Å². The van der Waals surface area contributed by atoms with Gasteiger partial charge in [0.15, 0.2) is 5.78 Å². The third-order valence-corrected chi connectivity index (χ3v) is 4.80. The molecule has 0 aliphatic carbocycles. The van der Waals surface area contributed by atoms with Crippen molar-refractivity contribution in [3.8, 4) is 0 Å². The second-order valence-corrected chi connectivity index (χ2v) is 6.49. The first-order valence-electron chi connectivity index (χ1n) is 8.83. The predicted molar refractivity (Wildman–Crippen MR) is 98.9 cm³/mol. The number of nitrogens with one attached hydrogen (secondary N) is 1. The van der Waals surface area contributed by atoms with Crippen LogP contribution in [-0.4, -0.2) is 41.1 Å². The maximum Gasteiger partial charge on any atom is 0.257 e. The van der Waals surface area contributed by atoms with Gasteiger partial charge in [0.05, 0.1) is 12.1 Å². The van der Waals surface area contributed by atoms with Crippen molar-refractivity contribution in [3.63, 3.8) is 0 Å². The first-order chi connectivity index (χ1) is 12.6. The average molecular weight is 350 g/mol. The fraction of sp³-hybridized carbons (Fsp3) is 0.286. The summed E-state index contributed by atoms with van der Waals surface area (Å²) >= 11 is 0. The quantitative estimate of drug-likeness (QED) is 0.665. The minimum atomic E-state index is -0.467. The first kappa shape index (κ1) is 18.0. The van der Waals surface area contributed by atoms with Crippen LogP contribution in [0.15, 0.2) is 60.7 Å². The van der Waals surface area contributed by atoms with Gasteiger partial charge in [-0.1, -0.05) is 48.5 Å². The van der Waals surface area contributed by atoms with Crippen molar-refractivity contribution in [1.29, 1.82) is 0 Å². The molecule has 1 saturated heterocycles. The summed E-state index contributed by atoms with van der Waals surface area (Å²) in [6.45, 7) is 2.48. The molecule has 2 aromatic rings. The van der Waals surface area contributed by atoms with Crippen LogP contribution >= 0.6 is 0 Å². The van der Waals surface area contributed by atoms with Gasteiger partial charge in [-0.2, -0.15) is 0 Å². The number of carbonyl (C=O) groups is 3. The van der Waals surface area contributed by atoms with E-state index in [2.05, 4.69) is 5.32 Å². The molecule has 2 atom stereocenters. The molecule has 26 heavy (non-hydrogen) atoms. The van der Waals surface area contributed by atoms with Crippen LogP contribution in [0.25, 0.3) is 0 Å². The Morgan fingerprint density at radius 3 is 2.15 bits per heavy atom. The highest BCUT2D eigenvalue weighted by atomic mass is 16.2. The minimum absolute atomic E-state index is 0.0142. The number of rotatable bonds is 5. The van der Waals surface area contributed by atoms with E-state index in [1.54, 1.807) is 36.4 Å². The zero-order valence-corrected chi connectivity index (χ0v) is 14.7. The van der Waals surface area contributed by atoms with E-state index in [9.17, 15) is 14.4 Å². The van der Waals surface area contributed by atoms with Crippen molar-refractivity contribution in [1.82, 2.24) is 10.2 Å². The Bertz CT molecular complexity index is 789. The van der Waals surface area contributed by atoms with E-state index in [0.29, 0.717) is 24.1 Å². The molecule has 0 bridgehead atoms. The Balaban J connectivity index is 1.68. The normalized spacial score (nSPS) is 18.3. The Morgan fingerprint density at radius 1 is 0.962 bits per heavy atom. The molecule has 0 saturated carbocycles. The standard InChI is InChI=1S/C21H22N2O3/c1-15(19(24)16-9-4-2-5-10-16)23-14-8-13-18(23)21(26)22-20(25)17-11-6-3-7-12-17/h2-7,9-12,15,18H,8,13-14H2,1H3,(H,22,25,26)/t15?,18-/m0/s1. The number of nitrogens with zero attached hydrogens (tertiary/aromatic N) is 1. The molecule has 0 spiro atoms. The summed E-state index contributed by atoms with van der Waals surface area (Å²) in [5.74, 6) is -0.770. The maximum absolute atomic E-state index is 12.7. The summed E-state index contributed by atoms with van der Waals surface area (Å²) in [5, 5.41) is 2.47. The van der Waals surface area contributed by atoms with Crippen molar-refractivity contribution in [2.24, 2.45) is 0 Å². The molecule has 0 radical (unpaired) electrons. The summed E-state index contributed by atoms with van der Waals surface area (Å²) in [7, 11) is 0. The van der Waals surface area contributed by atoms with Crippen molar-refractivity contribution >= 4 is 17.6 Å². The molecular formula is C21H22N2O3. The van der Waals surface area contributed by atoms with Crippen molar-refractivity contribution in [3.05, 3.63) is 71.8 Å². The molecule has 134 valence electrons. The van der Waals surface area contributed by atoms with Gasteiger partial charge in [-0.3, -0.25) is 24.6 Å². The number of likely N-dealkylation sites (tertiary alicyclic amines) is 1. The Hall–Kier alpha value is -2.79. The van der Waals surface area contributed by atoms with E-state index in [4.69, 9.17) is 0 Å². The molecule has 5 nitrogen and oxygen atoms in total. The highest BCUT2D eigenvalue weighted by molar-refractivity contribution is 6.06.